The maximum absolute atomic E-state index is 11.7. The Morgan fingerprint density at radius 3 is 2.72 bits per heavy atom. The Balaban J connectivity index is 1.71. The Morgan fingerprint density at radius 1 is 1.39 bits per heavy atom. The highest BCUT2D eigenvalue weighted by atomic mass is 16.5. The number of esters is 1. The number of carbonyl (C=O) groups is 1. The minimum absolute atomic E-state index is 0.00996. The molecule has 2 aliphatic rings. The highest BCUT2D eigenvalue weighted by Gasteiger charge is 2.45. The predicted octanol–water partition coefficient (Wildman–Crippen LogP) is 2.74. The van der Waals surface area contributed by atoms with E-state index in [9.17, 15) is 4.79 Å². The van der Waals surface area contributed by atoms with Gasteiger partial charge in [-0.15, -0.1) is 0 Å². The lowest BCUT2D eigenvalue weighted by molar-refractivity contribution is -0.149. The highest BCUT2D eigenvalue weighted by Crippen LogP contribution is 2.51. The molecule has 0 aliphatic heterocycles. The van der Waals surface area contributed by atoms with Crippen molar-refractivity contribution < 1.29 is 9.53 Å². The minimum atomic E-state index is 0.00996. The van der Waals surface area contributed by atoms with E-state index in [1.807, 2.05) is 6.92 Å². The van der Waals surface area contributed by atoms with Crippen molar-refractivity contribution in [2.24, 2.45) is 17.3 Å². The fourth-order valence-corrected chi connectivity index (χ4v) is 3.08. The molecule has 0 saturated heterocycles. The lowest BCUT2D eigenvalue weighted by Gasteiger charge is -2.28. The summed E-state index contributed by atoms with van der Waals surface area (Å²) in [5.74, 6) is 0.972. The van der Waals surface area contributed by atoms with Gasteiger partial charge in [0.15, 0.2) is 0 Å². The number of ether oxygens (including phenoxy) is 1. The maximum atomic E-state index is 11.7. The first-order valence-corrected chi connectivity index (χ1v) is 7.43. The fourth-order valence-electron chi connectivity index (χ4n) is 3.08. The number of carbonyl (C=O) groups excluding carboxylic acids is 1. The topological polar surface area (TPSA) is 38.3 Å². The molecule has 2 fully saturated rings. The zero-order chi connectivity index (χ0) is 13.2. The van der Waals surface area contributed by atoms with Crippen LogP contribution in [0, 0.1) is 17.3 Å². The van der Waals surface area contributed by atoms with E-state index in [0.717, 1.165) is 31.7 Å². The lowest BCUT2D eigenvalue weighted by Crippen LogP contribution is -2.38. The average Bonchev–Trinajstić information content (AvgIpc) is 2.95. The predicted molar refractivity (Wildman–Crippen MR) is 72.3 cm³/mol. The second-order valence-corrected chi connectivity index (χ2v) is 6.61. The average molecular weight is 253 g/mol. The summed E-state index contributed by atoms with van der Waals surface area (Å²) in [6.45, 7) is 8.17. The molecular formula is C15H27NO2. The molecule has 0 heterocycles. The molecular weight excluding hydrogens is 226 g/mol. The van der Waals surface area contributed by atoms with Gasteiger partial charge in [-0.1, -0.05) is 20.3 Å². The molecule has 3 unspecified atom stereocenters. The van der Waals surface area contributed by atoms with Crippen LogP contribution in [0.5, 0.6) is 0 Å². The molecule has 2 saturated carbocycles. The number of nitrogens with one attached hydrogen (secondary N) is 1. The third-order valence-electron chi connectivity index (χ3n) is 4.66. The summed E-state index contributed by atoms with van der Waals surface area (Å²) < 4.78 is 5.13. The van der Waals surface area contributed by atoms with E-state index in [0.29, 0.717) is 18.1 Å². The molecule has 0 aromatic rings. The van der Waals surface area contributed by atoms with E-state index < -0.39 is 0 Å². The fraction of sp³-hybridized carbons (Fsp3) is 0.933. The zero-order valence-electron chi connectivity index (χ0n) is 12.0. The van der Waals surface area contributed by atoms with Gasteiger partial charge in [-0.2, -0.15) is 0 Å². The van der Waals surface area contributed by atoms with Crippen molar-refractivity contribution >= 4 is 5.97 Å². The van der Waals surface area contributed by atoms with Gasteiger partial charge in [-0.3, -0.25) is 4.79 Å². The van der Waals surface area contributed by atoms with Crippen LogP contribution in [0.15, 0.2) is 0 Å². The van der Waals surface area contributed by atoms with Crippen LogP contribution in [0.3, 0.4) is 0 Å². The van der Waals surface area contributed by atoms with Gasteiger partial charge in [0.25, 0.3) is 0 Å². The van der Waals surface area contributed by atoms with Gasteiger partial charge in [0.05, 0.1) is 12.5 Å². The quantitative estimate of drug-likeness (QED) is 0.766. The van der Waals surface area contributed by atoms with Crippen molar-refractivity contribution in [2.45, 2.75) is 58.9 Å². The van der Waals surface area contributed by atoms with E-state index in [1.54, 1.807) is 0 Å². The van der Waals surface area contributed by atoms with Gasteiger partial charge in [0.2, 0.25) is 0 Å². The van der Waals surface area contributed by atoms with Crippen LogP contribution in [0.1, 0.15) is 52.9 Å². The molecule has 0 spiro atoms. The van der Waals surface area contributed by atoms with E-state index >= 15 is 0 Å². The van der Waals surface area contributed by atoms with Crippen LogP contribution < -0.4 is 5.32 Å². The molecule has 2 rings (SSSR count). The molecule has 2 aliphatic carbocycles. The first-order chi connectivity index (χ1) is 8.53. The van der Waals surface area contributed by atoms with Gasteiger partial charge in [-0.05, 0) is 50.5 Å². The third-order valence-corrected chi connectivity index (χ3v) is 4.66. The van der Waals surface area contributed by atoms with E-state index in [4.69, 9.17) is 4.74 Å². The number of rotatable bonds is 5. The van der Waals surface area contributed by atoms with Crippen LogP contribution in [0.4, 0.5) is 0 Å². The molecule has 3 heteroatoms. The molecule has 18 heavy (non-hydrogen) atoms. The summed E-state index contributed by atoms with van der Waals surface area (Å²) in [5.41, 5.74) is 0.544. The number of hydrogen-bond acceptors (Lipinski definition) is 3. The van der Waals surface area contributed by atoms with E-state index in [2.05, 4.69) is 19.2 Å². The molecule has 0 aromatic heterocycles. The van der Waals surface area contributed by atoms with Crippen molar-refractivity contribution in [1.82, 2.24) is 5.32 Å². The van der Waals surface area contributed by atoms with Gasteiger partial charge in [0, 0.05) is 6.04 Å². The first-order valence-electron chi connectivity index (χ1n) is 7.43. The summed E-state index contributed by atoms with van der Waals surface area (Å²) in [6.07, 6.45) is 5.67. The van der Waals surface area contributed by atoms with Crippen molar-refractivity contribution in [3.05, 3.63) is 0 Å². The summed E-state index contributed by atoms with van der Waals surface area (Å²) in [4.78, 5) is 11.7. The summed E-state index contributed by atoms with van der Waals surface area (Å²) in [5, 5.41) is 3.66. The Bertz CT molecular complexity index is 301. The van der Waals surface area contributed by atoms with Gasteiger partial charge in [0.1, 0.15) is 0 Å². The normalized spacial score (nSPS) is 34.1. The minimum Gasteiger partial charge on any atom is -0.466 e. The van der Waals surface area contributed by atoms with E-state index in [1.165, 1.54) is 12.8 Å². The van der Waals surface area contributed by atoms with Crippen molar-refractivity contribution in [3.8, 4) is 0 Å². The second-order valence-electron chi connectivity index (χ2n) is 6.61. The van der Waals surface area contributed by atoms with Crippen molar-refractivity contribution in [1.29, 1.82) is 0 Å². The first kappa shape index (κ1) is 13.9. The Labute approximate surface area is 111 Å². The Morgan fingerprint density at radius 2 is 2.11 bits per heavy atom. The molecule has 104 valence electrons. The summed E-state index contributed by atoms with van der Waals surface area (Å²) in [6, 6.07) is 0.518. The lowest BCUT2D eigenvalue weighted by atomic mass is 9.85. The Kier molecular flexibility index (Phi) is 4.31. The number of hydrogen-bond donors (Lipinski definition) is 1. The molecule has 0 radical (unpaired) electrons. The molecule has 0 bridgehead atoms. The largest absolute Gasteiger partial charge is 0.466 e. The Hall–Kier alpha value is -0.570. The molecule has 3 atom stereocenters. The maximum Gasteiger partial charge on any atom is 0.308 e. The monoisotopic (exact) mass is 253 g/mol. The summed E-state index contributed by atoms with van der Waals surface area (Å²) in [7, 11) is 0. The van der Waals surface area contributed by atoms with Crippen LogP contribution in [-0.4, -0.2) is 25.2 Å². The molecule has 3 nitrogen and oxygen atoms in total. The third kappa shape index (κ3) is 3.47. The standard InChI is InChI=1S/C15H27NO2/c1-4-18-14(17)11-6-5-7-13(8-11)16-10-12-9-15(12,2)3/h11-13,16H,4-10H2,1-3H3. The zero-order valence-corrected chi connectivity index (χ0v) is 12.0. The van der Waals surface area contributed by atoms with Crippen LogP contribution in [0.25, 0.3) is 0 Å². The summed E-state index contributed by atoms with van der Waals surface area (Å²) >= 11 is 0. The van der Waals surface area contributed by atoms with Crippen LogP contribution >= 0.6 is 0 Å². The molecule has 0 aromatic carbocycles. The van der Waals surface area contributed by atoms with Gasteiger partial charge < -0.3 is 10.1 Å². The SMILES string of the molecule is CCOC(=O)C1CCCC(NCC2CC2(C)C)C1. The van der Waals surface area contributed by atoms with Gasteiger partial charge in [-0.25, -0.2) is 0 Å². The van der Waals surface area contributed by atoms with E-state index in [-0.39, 0.29) is 11.9 Å². The van der Waals surface area contributed by atoms with Crippen LogP contribution in [0.2, 0.25) is 0 Å². The highest BCUT2D eigenvalue weighted by molar-refractivity contribution is 5.72. The van der Waals surface area contributed by atoms with Gasteiger partial charge >= 0.3 is 5.97 Å². The molecule has 1 N–H and O–H groups in total. The smallest absolute Gasteiger partial charge is 0.308 e. The second kappa shape index (κ2) is 5.60. The van der Waals surface area contributed by atoms with Crippen molar-refractivity contribution in [2.75, 3.05) is 13.2 Å². The van der Waals surface area contributed by atoms with Crippen LogP contribution in [-0.2, 0) is 9.53 Å². The van der Waals surface area contributed by atoms with Crippen molar-refractivity contribution in [3.63, 3.8) is 0 Å². The molecule has 0 amide bonds.